The van der Waals surface area contributed by atoms with Gasteiger partial charge in [0.25, 0.3) is 0 Å². The van der Waals surface area contributed by atoms with E-state index in [9.17, 15) is 10.2 Å². The van der Waals surface area contributed by atoms with Gasteiger partial charge in [0.05, 0.1) is 0 Å². The van der Waals surface area contributed by atoms with Crippen LogP contribution in [0, 0.1) is 0 Å². The smallest absolute Gasteiger partial charge is 0.200 e. The number of aromatic hydroxyl groups is 3. The van der Waals surface area contributed by atoms with Gasteiger partial charge < -0.3 is 20.6 Å². The van der Waals surface area contributed by atoms with Crippen molar-refractivity contribution in [2.24, 2.45) is 0 Å². The molecule has 0 saturated carbocycles. The normalized spacial score (nSPS) is 12.8. The number of phenolic OH excluding ortho intramolecular Hbond substituents is 3. The summed E-state index contributed by atoms with van der Waals surface area (Å²) in [4.78, 5) is 0. The van der Waals surface area contributed by atoms with E-state index in [2.05, 4.69) is 5.32 Å². The van der Waals surface area contributed by atoms with E-state index >= 15 is 0 Å². The molecule has 0 unspecified atom stereocenters. The van der Waals surface area contributed by atoms with Gasteiger partial charge in [-0.25, -0.2) is 0 Å². The first-order chi connectivity index (χ1) is 6.07. The maximum atomic E-state index is 9.43. The largest absolute Gasteiger partial charge is 0.504 e. The number of nitrogens with one attached hydrogen (secondary N) is 1. The summed E-state index contributed by atoms with van der Waals surface area (Å²) in [6.07, 6.45) is 0. The molecule has 4 nitrogen and oxygen atoms in total. The monoisotopic (exact) mass is 183 g/mol. The molecule has 1 aromatic rings. The molecule has 4 heteroatoms. The molecule has 1 rings (SSSR count). The third kappa shape index (κ3) is 1.67. The first-order valence-corrected chi connectivity index (χ1v) is 3.99. The predicted octanol–water partition coefficient (Wildman–Crippen LogP) is 1.08. The molecule has 0 heterocycles. The molecule has 0 aliphatic rings. The fourth-order valence-electron chi connectivity index (χ4n) is 1.09. The Morgan fingerprint density at radius 2 is 1.77 bits per heavy atom. The molecule has 4 N–H and O–H groups in total. The van der Waals surface area contributed by atoms with Crippen molar-refractivity contribution in [3.8, 4) is 17.2 Å². The van der Waals surface area contributed by atoms with Crippen LogP contribution in [0.5, 0.6) is 17.2 Å². The van der Waals surface area contributed by atoms with Crippen molar-refractivity contribution in [3.05, 3.63) is 17.7 Å². The van der Waals surface area contributed by atoms with Crippen LogP contribution in [0.1, 0.15) is 18.5 Å². The number of hydrogen-bond donors (Lipinski definition) is 4. The van der Waals surface area contributed by atoms with Crippen molar-refractivity contribution in [2.45, 2.75) is 13.0 Å². The Labute approximate surface area is 76.5 Å². The van der Waals surface area contributed by atoms with E-state index in [1.54, 1.807) is 13.1 Å². The van der Waals surface area contributed by atoms with Crippen molar-refractivity contribution in [3.63, 3.8) is 0 Å². The van der Waals surface area contributed by atoms with Gasteiger partial charge in [0.2, 0.25) is 5.75 Å². The highest BCUT2D eigenvalue weighted by Crippen LogP contribution is 2.39. The minimum atomic E-state index is -0.473. The van der Waals surface area contributed by atoms with Crippen LogP contribution in [0.4, 0.5) is 0 Å². The zero-order valence-corrected chi connectivity index (χ0v) is 7.57. The van der Waals surface area contributed by atoms with E-state index in [1.807, 2.05) is 6.92 Å². The van der Waals surface area contributed by atoms with E-state index in [1.165, 1.54) is 6.07 Å². The SMILES string of the molecule is CN[C@@H](C)c1ccc(O)c(O)c1O. The van der Waals surface area contributed by atoms with Gasteiger partial charge in [-0.15, -0.1) is 0 Å². The molecule has 1 atom stereocenters. The Bertz CT molecular complexity index is 312. The maximum absolute atomic E-state index is 9.43. The molecule has 0 spiro atoms. The van der Waals surface area contributed by atoms with Crippen LogP contribution >= 0.6 is 0 Å². The van der Waals surface area contributed by atoms with Gasteiger partial charge >= 0.3 is 0 Å². The highest BCUT2D eigenvalue weighted by molar-refractivity contribution is 5.53. The average Bonchev–Trinajstić information content (AvgIpc) is 2.13. The van der Waals surface area contributed by atoms with E-state index in [-0.39, 0.29) is 17.5 Å². The lowest BCUT2D eigenvalue weighted by Crippen LogP contribution is -2.12. The number of benzene rings is 1. The Hall–Kier alpha value is -1.42. The number of rotatable bonds is 2. The lowest BCUT2D eigenvalue weighted by atomic mass is 10.1. The third-order valence-corrected chi connectivity index (χ3v) is 2.06. The van der Waals surface area contributed by atoms with Gasteiger partial charge in [-0.1, -0.05) is 0 Å². The summed E-state index contributed by atoms with van der Waals surface area (Å²) in [7, 11) is 1.74. The molecule has 0 radical (unpaired) electrons. The minimum Gasteiger partial charge on any atom is -0.504 e. The van der Waals surface area contributed by atoms with Crippen molar-refractivity contribution >= 4 is 0 Å². The molecule has 0 amide bonds. The second-order valence-electron chi connectivity index (χ2n) is 2.88. The molecular formula is C9H13NO3. The lowest BCUT2D eigenvalue weighted by molar-refractivity contribution is 0.362. The molecule has 0 bridgehead atoms. The van der Waals surface area contributed by atoms with Crippen molar-refractivity contribution in [1.82, 2.24) is 5.32 Å². The number of phenols is 3. The van der Waals surface area contributed by atoms with Crippen LogP contribution < -0.4 is 5.32 Å². The molecule has 13 heavy (non-hydrogen) atoms. The summed E-state index contributed by atoms with van der Waals surface area (Å²) in [6, 6.07) is 2.83. The first-order valence-electron chi connectivity index (χ1n) is 3.99. The Morgan fingerprint density at radius 3 is 2.31 bits per heavy atom. The van der Waals surface area contributed by atoms with Gasteiger partial charge in [0, 0.05) is 11.6 Å². The minimum absolute atomic E-state index is 0.0773. The quantitative estimate of drug-likeness (QED) is 0.518. The maximum Gasteiger partial charge on any atom is 0.200 e. The second kappa shape index (κ2) is 3.53. The van der Waals surface area contributed by atoms with Gasteiger partial charge in [-0.3, -0.25) is 0 Å². The van der Waals surface area contributed by atoms with Gasteiger partial charge in [-0.2, -0.15) is 0 Å². The summed E-state index contributed by atoms with van der Waals surface area (Å²) in [6.45, 7) is 1.84. The molecule has 0 aliphatic heterocycles. The highest BCUT2D eigenvalue weighted by Gasteiger charge is 2.14. The summed E-state index contributed by atoms with van der Waals surface area (Å²) < 4.78 is 0. The van der Waals surface area contributed by atoms with E-state index in [0.717, 1.165) is 0 Å². The highest BCUT2D eigenvalue weighted by atomic mass is 16.3. The summed E-state index contributed by atoms with van der Waals surface area (Å²) in [5.74, 6) is -1.06. The molecule has 0 fully saturated rings. The Kier molecular flexibility index (Phi) is 2.63. The lowest BCUT2D eigenvalue weighted by Gasteiger charge is -2.13. The van der Waals surface area contributed by atoms with E-state index in [4.69, 9.17) is 5.11 Å². The topological polar surface area (TPSA) is 72.7 Å². The van der Waals surface area contributed by atoms with Crippen LogP contribution in [0.15, 0.2) is 12.1 Å². The summed E-state index contributed by atoms with van der Waals surface area (Å²) >= 11 is 0. The second-order valence-corrected chi connectivity index (χ2v) is 2.88. The van der Waals surface area contributed by atoms with Crippen molar-refractivity contribution < 1.29 is 15.3 Å². The fourth-order valence-corrected chi connectivity index (χ4v) is 1.09. The van der Waals surface area contributed by atoms with E-state index < -0.39 is 5.75 Å². The molecule has 0 aliphatic carbocycles. The van der Waals surface area contributed by atoms with Crippen LogP contribution in [0.2, 0.25) is 0 Å². The van der Waals surface area contributed by atoms with Crippen molar-refractivity contribution in [2.75, 3.05) is 7.05 Å². The van der Waals surface area contributed by atoms with Crippen LogP contribution in [0.3, 0.4) is 0 Å². The van der Waals surface area contributed by atoms with Gasteiger partial charge in [-0.05, 0) is 26.1 Å². The Morgan fingerprint density at radius 1 is 1.15 bits per heavy atom. The fraction of sp³-hybridized carbons (Fsp3) is 0.333. The Balaban J connectivity index is 3.18. The summed E-state index contributed by atoms with van der Waals surface area (Å²) in [5, 5.41) is 30.6. The zero-order chi connectivity index (χ0) is 10.0. The molecule has 0 saturated heterocycles. The van der Waals surface area contributed by atoms with E-state index in [0.29, 0.717) is 5.56 Å². The standard InChI is InChI=1S/C9H13NO3/c1-5(10-2)6-3-4-7(11)9(13)8(6)12/h3-5,10-13H,1-2H3/t5-/m0/s1. The number of hydrogen-bond acceptors (Lipinski definition) is 4. The summed E-state index contributed by atoms with van der Waals surface area (Å²) in [5.41, 5.74) is 0.554. The molecule has 0 aromatic heterocycles. The van der Waals surface area contributed by atoms with Gasteiger partial charge in [0.1, 0.15) is 0 Å². The van der Waals surface area contributed by atoms with Crippen LogP contribution in [0.25, 0.3) is 0 Å². The third-order valence-electron chi connectivity index (χ3n) is 2.06. The zero-order valence-electron chi connectivity index (χ0n) is 7.57. The molecule has 1 aromatic carbocycles. The predicted molar refractivity (Wildman–Crippen MR) is 48.9 cm³/mol. The first kappa shape index (κ1) is 9.67. The van der Waals surface area contributed by atoms with Crippen LogP contribution in [-0.4, -0.2) is 22.4 Å². The van der Waals surface area contributed by atoms with Gasteiger partial charge in [0.15, 0.2) is 11.5 Å². The van der Waals surface area contributed by atoms with Crippen LogP contribution in [-0.2, 0) is 0 Å². The molecular weight excluding hydrogens is 170 g/mol. The average molecular weight is 183 g/mol. The van der Waals surface area contributed by atoms with Crippen molar-refractivity contribution in [1.29, 1.82) is 0 Å². The molecule has 72 valence electrons.